The highest BCUT2D eigenvalue weighted by atomic mass is 32.2. The Hall–Kier alpha value is -1.98. The molecule has 152 valence electrons. The number of amides is 1. The summed E-state index contributed by atoms with van der Waals surface area (Å²) >= 11 is 1.72. The summed E-state index contributed by atoms with van der Waals surface area (Å²) in [7, 11) is 0. The molecule has 4 nitrogen and oxygen atoms in total. The summed E-state index contributed by atoms with van der Waals surface area (Å²) < 4.78 is 9.30. The van der Waals surface area contributed by atoms with E-state index in [0.717, 1.165) is 29.0 Å². The number of hydrogen-bond donors (Lipinski definition) is 2. The van der Waals surface area contributed by atoms with Gasteiger partial charge in [-0.05, 0) is 35.7 Å². The van der Waals surface area contributed by atoms with Gasteiger partial charge in [0.05, 0.1) is 0 Å². The second-order valence-corrected chi connectivity index (χ2v) is 9.00. The topological polar surface area (TPSA) is 50.4 Å². The minimum Gasteiger partial charge on any atom is -0.489 e. The molecule has 0 saturated carbocycles. The molecule has 28 heavy (non-hydrogen) atoms. The van der Waals surface area contributed by atoms with E-state index in [4.69, 9.17) is 4.74 Å². The van der Waals surface area contributed by atoms with Crippen molar-refractivity contribution in [3.8, 4) is 16.9 Å². The maximum absolute atomic E-state index is 11.7. The predicted molar refractivity (Wildman–Crippen MR) is 119 cm³/mol. The van der Waals surface area contributed by atoms with Gasteiger partial charge in [-0.3, -0.25) is 9.52 Å². The Morgan fingerprint density at radius 3 is 2.04 bits per heavy atom. The third-order valence-electron chi connectivity index (χ3n) is 4.16. The molecule has 1 amide bonds. The van der Waals surface area contributed by atoms with Crippen LogP contribution >= 0.6 is 11.9 Å². The van der Waals surface area contributed by atoms with Gasteiger partial charge in [0.25, 0.3) is 0 Å². The summed E-state index contributed by atoms with van der Waals surface area (Å²) in [6.45, 7) is 11.6. The number of carbonyl (C=O) groups is 1. The third-order valence-corrected chi connectivity index (χ3v) is 4.96. The van der Waals surface area contributed by atoms with E-state index in [1.165, 1.54) is 0 Å². The monoisotopic (exact) mass is 400 g/mol. The zero-order chi connectivity index (χ0) is 20.5. The van der Waals surface area contributed by atoms with Crippen LogP contribution in [0.2, 0.25) is 0 Å². The van der Waals surface area contributed by atoms with Crippen LogP contribution in [0.4, 0.5) is 0 Å². The molecule has 2 N–H and O–H groups in total. The Bertz CT molecular complexity index is 727. The highest BCUT2D eigenvalue weighted by molar-refractivity contribution is 7.97. The first-order chi connectivity index (χ1) is 13.3. The Labute approximate surface area is 173 Å². The van der Waals surface area contributed by atoms with Gasteiger partial charge >= 0.3 is 0 Å². The van der Waals surface area contributed by atoms with Gasteiger partial charge in [0.2, 0.25) is 5.91 Å². The van der Waals surface area contributed by atoms with Crippen molar-refractivity contribution in [2.45, 2.75) is 52.5 Å². The lowest BCUT2D eigenvalue weighted by Gasteiger charge is -2.16. The summed E-state index contributed by atoms with van der Waals surface area (Å²) in [5.41, 5.74) is 3.39. The minimum absolute atomic E-state index is 0.00691. The Morgan fingerprint density at radius 2 is 1.50 bits per heavy atom. The molecule has 1 unspecified atom stereocenters. The standard InChI is InChI=1S/C23H32N2O2S/c1-16(2)23(26)24-15-19-6-8-20(9-7-19)21-10-12-22(13-11-21)27-18(5)14-25-28-17(3)4/h6-13,16-18,25H,14-15H2,1-5H3,(H,24,26). The molecular weight excluding hydrogens is 368 g/mol. The van der Waals surface area contributed by atoms with Gasteiger partial charge in [0.15, 0.2) is 0 Å². The van der Waals surface area contributed by atoms with Crippen molar-refractivity contribution in [3.63, 3.8) is 0 Å². The van der Waals surface area contributed by atoms with Crippen LogP contribution in [0.3, 0.4) is 0 Å². The molecular formula is C23H32N2O2S. The van der Waals surface area contributed by atoms with Crippen molar-refractivity contribution >= 4 is 17.9 Å². The van der Waals surface area contributed by atoms with E-state index < -0.39 is 0 Å². The van der Waals surface area contributed by atoms with Crippen LogP contribution in [0.1, 0.15) is 40.2 Å². The first-order valence-electron chi connectivity index (χ1n) is 9.87. The first-order valence-corrected chi connectivity index (χ1v) is 10.8. The van der Waals surface area contributed by atoms with Crippen molar-refractivity contribution < 1.29 is 9.53 Å². The normalized spacial score (nSPS) is 12.2. The van der Waals surface area contributed by atoms with Gasteiger partial charge in [-0.15, -0.1) is 0 Å². The van der Waals surface area contributed by atoms with Crippen molar-refractivity contribution in [2.24, 2.45) is 5.92 Å². The van der Waals surface area contributed by atoms with Crippen LogP contribution in [0.5, 0.6) is 5.75 Å². The molecule has 0 fully saturated rings. The lowest BCUT2D eigenvalue weighted by molar-refractivity contribution is -0.124. The summed E-state index contributed by atoms with van der Waals surface area (Å²) in [5, 5.41) is 3.50. The van der Waals surface area contributed by atoms with Crippen molar-refractivity contribution in [1.82, 2.24) is 10.0 Å². The Morgan fingerprint density at radius 1 is 0.929 bits per heavy atom. The van der Waals surface area contributed by atoms with Crippen molar-refractivity contribution in [2.75, 3.05) is 6.54 Å². The van der Waals surface area contributed by atoms with E-state index in [0.29, 0.717) is 11.8 Å². The summed E-state index contributed by atoms with van der Waals surface area (Å²) in [5.74, 6) is 0.958. The predicted octanol–water partition coefficient (Wildman–Crippen LogP) is 5.04. The molecule has 0 heterocycles. The summed E-state index contributed by atoms with van der Waals surface area (Å²) in [6.07, 6.45) is 0.109. The number of rotatable bonds is 10. The zero-order valence-electron chi connectivity index (χ0n) is 17.5. The van der Waals surface area contributed by atoms with Gasteiger partial charge < -0.3 is 10.1 Å². The average molecular weight is 401 g/mol. The Balaban J connectivity index is 1.87. The van der Waals surface area contributed by atoms with E-state index in [2.05, 4.69) is 67.2 Å². The number of benzene rings is 2. The van der Waals surface area contributed by atoms with Crippen LogP contribution in [0, 0.1) is 5.92 Å². The number of hydrogen-bond acceptors (Lipinski definition) is 4. The van der Waals surface area contributed by atoms with Gasteiger partial charge in [0.1, 0.15) is 11.9 Å². The molecule has 2 rings (SSSR count). The van der Waals surface area contributed by atoms with Gasteiger partial charge in [-0.2, -0.15) is 0 Å². The van der Waals surface area contributed by atoms with Crippen LogP contribution in [-0.2, 0) is 11.3 Å². The second-order valence-electron chi connectivity index (χ2n) is 7.54. The van der Waals surface area contributed by atoms with Gasteiger partial charge in [-0.25, -0.2) is 0 Å². The minimum atomic E-state index is 0.00691. The fourth-order valence-electron chi connectivity index (χ4n) is 2.54. The maximum atomic E-state index is 11.7. The maximum Gasteiger partial charge on any atom is 0.222 e. The van der Waals surface area contributed by atoms with E-state index in [9.17, 15) is 4.79 Å². The van der Waals surface area contributed by atoms with Gasteiger partial charge in [-0.1, -0.05) is 76.0 Å². The van der Waals surface area contributed by atoms with Crippen molar-refractivity contribution in [3.05, 3.63) is 54.1 Å². The zero-order valence-corrected chi connectivity index (χ0v) is 18.3. The molecule has 1 atom stereocenters. The van der Waals surface area contributed by atoms with E-state index in [1.54, 1.807) is 11.9 Å². The van der Waals surface area contributed by atoms with E-state index in [1.807, 2.05) is 26.0 Å². The highest BCUT2D eigenvalue weighted by Crippen LogP contribution is 2.23. The quantitative estimate of drug-likeness (QED) is 0.549. The lowest BCUT2D eigenvalue weighted by atomic mass is 10.0. The molecule has 0 aliphatic heterocycles. The lowest BCUT2D eigenvalue weighted by Crippen LogP contribution is -2.27. The third kappa shape index (κ3) is 7.56. The largest absolute Gasteiger partial charge is 0.489 e. The molecule has 5 heteroatoms. The fourth-order valence-corrected chi connectivity index (χ4v) is 3.20. The van der Waals surface area contributed by atoms with Crippen LogP contribution < -0.4 is 14.8 Å². The highest BCUT2D eigenvalue weighted by Gasteiger charge is 2.07. The molecule has 0 saturated heterocycles. The van der Waals surface area contributed by atoms with Crippen LogP contribution in [0.25, 0.3) is 11.1 Å². The second kappa shape index (κ2) is 11.1. The van der Waals surface area contributed by atoms with Crippen LogP contribution in [0.15, 0.2) is 48.5 Å². The molecule has 0 bridgehead atoms. The molecule has 0 aliphatic carbocycles. The first kappa shape index (κ1) is 22.3. The number of carbonyl (C=O) groups excluding carboxylic acids is 1. The molecule has 0 aromatic heterocycles. The molecule has 2 aromatic rings. The average Bonchev–Trinajstić information content (AvgIpc) is 2.66. The summed E-state index contributed by atoms with van der Waals surface area (Å²) in [6, 6.07) is 16.5. The smallest absolute Gasteiger partial charge is 0.222 e. The molecule has 0 aliphatic rings. The SMILES string of the molecule is CC(CNSC(C)C)Oc1ccc(-c2ccc(CNC(=O)C(C)C)cc2)cc1. The van der Waals surface area contributed by atoms with Gasteiger partial charge in [0, 0.05) is 24.3 Å². The molecule has 0 spiro atoms. The molecule has 2 aromatic carbocycles. The molecule has 0 radical (unpaired) electrons. The van der Waals surface area contributed by atoms with Crippen molar-refractivity contribution in [1.29, 1.82) is 0 Å². The number of ether oxygens (including phenoxy) is 1. The fraction of sp³-hybridized carbons (Fsp3) is 0.435. The summed E-state index contributed by atoms with van der Waals surface area (Å²) in [4.78, 5) is 11.7. The Kier molecular flexibility index (Phi) is 8.87. The number of nitrogens with one attached hydrogen (secondary N) is 2. The van der Waals surface area contributed by atoms with E-state index >= 15 is 0 Å². The van der Waals surface area contributed by atoms with E-state index in [-0.39, 0.29) is 17.9 Å². The van der Waals surface area contributed by atoms with Crippen LogP contribution in [-0.4, -0.2) is 23.8 Å².